The molecule has 1 N–H and O–H groups in total. The molecule has 8 heteroatoms. The summed E-state index contributed by atoms with van der Waals surface area (Å²) in [7, 11) is 0. The van der Waals surface area contributed by atoms with Gasteiger partial charge < -0.3 is 10.2 Å². The molecule has 0 bridgehead atoms. The Morgan fingerprint density at radius 3 is 2.58 bits per heavy atom. The molecule has 1 aromatic carbocycles. The first-order valence-electron chi connectivity index (χ1n) is 4.90. The van der Waals surface area contributed by atoms with Crippen molar-refractivity contribution in [1.82, 2.24) is 9.78 Å². The summed E-state index contributed by atoms with van der Waals surface area (Å²) < 4.78 is 0.740. The first-order chi connectivity index (χ1) is 8.90. The third-order valence-electron chi connectivity index (χ3n) is 2.24. The summed E-state index contributed by atoms with van der Waals surface area (Å²) in [5.74, 6) is -2.48. The van der Waals surface area contributed by atoms with Gasteiger partial charge in [-0.25, -0.2) is 4.79 Å². The van der Waals surface area contributed by atoms with Gasteiger partial charge in [-0.05, 0) is 24.3 Å². The Morgan fingerprint density at radius 1 is 1.32 bits per heavy atom. The molecule has 98 valence electrons. The molecule has 0 unspecified atom stereocenters. The molecular formula is C11H5Cl2N2O4-. The summed E-state index contributed by atoms with van der Waals surface area (Å²) in [6, 6.07) is 4.87. The second-order valence-corrected chi connectivity index (χ2v) is 4.35. The fourth-order valence-corrected chi connectivity index (χ4v) is 1.90. The number of nitrogens with zero attached hydrogens (tertiary/aromatic N) is 2. The highest BCUT2D eigenvalue weighted by Gasteiger charge is 2.12. The fraction of sp³-hybridized carbons (Fsp3) is 0. The van der Waals surface area contributed by atoms with Crippen LogP contribution >= 0.6 is 23.2 Å². The quantitative estimate of drug-likeness (QED) is 0.902. The van der Waals surface area contributed by atoms with Gasteiger partial charge in [-0.1, -0.05) is 29.0 Å². The van der Waals surface area contributed by atoms with Gasteiger partial charge in [-0.2, -0.15) is 9.78 Å². The molecule has 0 radical (unpaired) electrons. The van der Waals surface area contributed by atoms with E-state index in [-0.39, 0.29) is 10.7 Å². The molecule has 6 nitrogen and oxygen atoms in total. The molecule has 2 aromatic rings. The van der Waals surface area contributed by atoms with Gasteiger partial charge in [0.15, 0.2) is 5.69 Å². The minimum Gasteiger partial charge on any atom is -0.871 e. The zero-order valence-electron chi connectivity index (χ0n) is 9.13. The zero-order valence-corrected chi connectivity index (χ0v) is 10.6. The Labute approximate surface area is 116 Å². The normalized spacial score (nSPS) is 10.4. The average molecular weight is 300 g/mol. The molecule has 1 heterocycles. The van der Waals surface area contributed by atoms with Gasteiger partial charge in [-0.3, -0.25) is 4.79 Å². The van der Waals surface area contributed by atoms with Crippen LogP contribution in [0.15, 0.2) is 29.1 Å². The maximum absolute atomic E-state index is 11.7. The summed E-state index contributed by atoms with van der Waals surface area (Å²) in [4.78, 5) is 22.5. The van der Waals surface area contributed by atoms with Crippen molar-refractivity contribution < 1.29 is 15.0 Å². The predicted octanol–water partition coefficient (Wildman–Crippen LogP) is 1.31. The third kappa shape index (κ3) is 2.54. The van der Waals surface area contributed by atoms with Crippen LogP contribution in [0.1, 0.15) is 10.5 Å². The van der Waals surface area contributed by atoms with Crippen LogP contribution in [-0.4, -0.2) is 20.9 Å². The summed E-state index contributed by atoms with van der Waals surface area (Å²) in [5.41, 5.74) is -1.40. The highest BCUT2D eigenvalue weighted by atomic mass is 35.5. The number of carboxylic acids is 1. The van der Waals surface area contributed by atoms with Crippen LogP contribution in [0.5, 0.6) is 5.75 Å². The monoisotopic (exact) mass is 299 g/mol. The lowest BCUT2D eigenvalue weighted by molar-refractivity contribution is -0.269. The Hall–Kier alpha value is -2.05. The number of carbonyl (C=O) groups is 1. The number of aromatic carboxylic acids is 1. The Balaban J connectivity index is 2.72. The molecule has 0 amide bonds. The lowest BCUT2D eigenvalue weighted by Gasteiger charge is -2.12. The fourth-order valence-electron chi connectivity index (χ4n) is 1.41. The lowest BCUT2D eigenvalue weighted by atomic mass is 10.3. The third-order valence-corrected chi connectivity index (χ3v) is 2.78. The maximum Gasteiger partial charge on any atom is 0.355 e. The number of halogens is 2. The van der Waals surface area contributed by atoms with Crippen molar-refractivity contribution in [3.05, 3.63) is 50.4 Å². The average Bonchev–Trinajstić information content (AvgIpc) is 2.30. The van der Waals surface area contributed by atoms with Gasteiger partial charge in [0.2, 0.25) is 0 Å². The van der Waals surface area contributed by atoms with E-state index in [1.165, 1.54) is 18.2 Å². The van der Waals surface area contributed by atoms with Crippen molar-refractivity contribution in [2.24, 2.45) is 0 Å². The van der Waals surface area contributed by atoms with Crippen molar-refractivity contribution >= 4 is 29.2 Å². The zero-order chi connectivity index (χ0) is 14.2. The number of benzene rings is 1. The SMILES string of the molecule is O=C(O)c1nn(-c2ccc(Cl)cc2Cl)c(=O)cc1[O-]. The maximum atomic E-state index is 11.7. The summed E-state index contributed by atoms with van der Waals surface area (Å²) in [6.45, 7) is 0. The molecule has 0 spiro atoms. The number of hydrogen-bond donors (Lipinski definition) is 1. The highest BCUT2D eigenvalue weighted by Crippen LogP contribution is 2.23. The first kappa shape index (κ1) is 13.4. The van der Waals surface area contributed by atoms with Gasteiger partial charge in [0.05, 0.1) is 10.7 Å². The Kier molecular flexibility index (Phi) is 3.46. The molecule has 0 atom stereocenters. The molecule has 19 heavy (non-hydrogen) atoms. The minimum atomic E-state index is -1.52. The summed E-state index contributed by atoms with van der Waals surface area (Å²) in [5, 5.41) is 24.1. The topological polar surface area (TPSA) is 95.2 Å². The van der Waals surface area contributed by atoms with E-state index in [1.807, 2.05) is 0 Å². The standard InChI is InChI=1S/C11H6Cl2N2O4/c12-5-1-2-7(6(13)3-5)15-9(17)4-8(16)10(14-15)11(18)19/h1-4,16H,(H,18,19)/p-1. The van der Waals surface area contributed by atoms with Gasteiger partial charge in [0, 0.05) is 5.02 Å². The molecule has 0 aliphatic heterocycles. The number of rotatable bonds is 2. The first-order valence-corrected chi connectivity index (χ1v) is 5.66. The van der Waals surface area contributed by atoms with Crippen molar-refractivity contribution in [2.75, 3.05) is 0 Å². The minimum absolute atomic E-state index is 0.108. The molecule has 0 aliphatic rings. The van der Waals surface area contributed by atoms with Crippen LogP contribution in [0.2, 0.25) is 10.0 Å². The van der Waals surface area contributed by atoms with Crippen LogP contribution < -0.4 is 10.7 Å². The molecule has 0 aliphatic carbocycles. The van der Waals surface area contributed by atoms with Gasteiger partial charge in [-0.15, -0.1) is 0 Å². The van der Waals surface area contributed by atoms with Crippen LogP contribution in [0.25, 0.3) is 5.69 Å². The molecule has 0 saturated carbocycles. The van der Waals surface area contributed by atoms with E-state index in [0.29, 0.717) is 11.1 Å². The van der Waals surface area contributed by atoms with Crippen molar-refractivity contribution in [2.45, 2.75) is 0 Å². The van der Waals surface area contributed by atoms with E-state index in [9.17, 15) is 14.7 Å². The number of hydrogen-bond acceptors (Lipinski definition) is 4. The van der Waals surface area contributed by atoms with Crippen molar-refractivity contribution in [3.8, 4) is 11.4 Å². The van der Waals surface area contributed by atoms with E-state index in [1.54, 1.807) is 0 Å². The van der Waals surface area contributed by atoms with Crippen LogP contribution in [0.4, 0.5) is 0 Å². The van der Waals surface area contributed by atoms with Crippen LogP contribution in [0, 0.1) is 0 Å². The van der Waals surface area contributed by atoms with Crippen LogP contribution in [0.3, 0.4) is 0 Å². The lowest BCUT2D eigenvalue weighted by Crippen LogP contribution is -2.25. The largest absolute Gasteiger partial charge is 0.871 e. The molecule has 0 fully saturated rings. The van der Waals surface area contributed by atoms with Gasteiger partial charge in [0.1, 0.15) is 0 Å². The van der Waals surface area contributed by atoms with Gasteiger partial charge in [0.25, 0.3) is 5.56 Å². The van der Waals surface area contributed by atoms with Gasteiger partial charge >= 0.3 is 5.97 Å². The second kappa shape index (κ2) is 4.91. The van der Waals surface area contributed by atoms with Crippen molar-refractivity contribution in [3.63, 3.8) is 0 Å². The number of aromatic nitrogens is 2. The Bertz CT molecular complexity index is 727. The van der Waals surface area contributed by atoms with Crippen molar-refractivity contribution in [1.29, 1.82) is 0 Å². The molecular weight excluding hydrogens is 295 g/mol. The second-order valence-electron chi connectivity index (χ2n) is 3.51. The molecule has 2 rings (SSSR count). The summed E-state index contributed by atoms with van der Waals surface area (Å²) >= 11 is 11.6. The van der Waals surface area contributed by atoms with E-state index in [4.69, 9.17) is 28.3 Å². The summed E-state index contributed by atoms with van der Waals surface area (Å²) in [6.07, 6.45) is 0. The highest BCUT2D eigenvalue weighted by molar-refractivity contribution is 6.35. The van der Waals surface area contributed by atoms with E-state index < -0.39 is 23.0 Å². The van der Waals surface area contributed by atoms with Crippen LogP contribution in [-0.2, 0) is 0 Å². The Morgan fingerprint density at radius 2 is 2.00 bits per heavy atom. The van der Waals surface area contributed by atoms with E-state index in [0.717, 1.165) is 4.68 Å². The van der Waals surface area contributed by atoms with E-state index in [2.05, 4.69) is 5.10 Å². The predicted molar refractivity (Wildman–Crippen MR) is 66.3 cm³/mol. The molecule has 1 aromatic heterocycles. The van der Waals surface area contributed by atoms with E-state index >= 15 is 0 Å². The number of carboxylic acid groups (broad SMARTS) is 1. The molecule has 0 saturated heterocycles. The smallest absolute Gasteiger partial charge is 0.355 e.